The Morgan fingerprint density at radius 3 is 2.48 bits per heavy atom. The minimum absolute atomic E-state index is 0.0955. The molecule has 0 bridgehead atoms. The second kappa shape index (κ2) is 6.80. The maximum Gasteiger partial charge on any atom is 0.245 e. The minimum Gasteiger partial charge on any atom is -0.325 e. The summed E-state index contributed by atoms with van der Waals surface area (Å²) in [5.41, 5.74) is 6.93. The number of nitrogens with two attached hydrogens (primary N) is 1. The molecule has 2 N–H and O–H groups in total. The molecule has 2 rings (SSSR count). The highest BCUT2D eigenvalue weighted by atomic mass is 32.2. The lowest BCUT2D eigenvalue weighted by atomic mass is 10.2. The van der Waals surface area contributed by atoms with E-state index in [2.05, 4.69) is 4.98 Å². The highest BCUT2D eigenvalue weighted by Crippen LogP contribution is 2.20. The average molecular weight is 305 g/mol. The Morgan fingerprint density at radius 1 is 1.14 bits per heavy atom. The van der Waals surface area contributed by atoms with E-state index in [9.17, 15) is 8.42 Å². The molecule has 0 saturated carbocycles. The number of benzene rings is 1. The van der Waals surface area contributed by atoms with E-state index >= 15 is 0 Å². The van der Waals surface area contributed by atoms with Gasteiger partial charge in [0.05, 0.1) is 5.69 Å². The zero-order valence-corrected chi connectivity index (χ0v) is 12.8. The van der Waals surface area contributed by atoms with Crippen LogP contribution in [0.5, 0.6) is 0 Å². The van der Waals surface area contributed by atoms with Crippen LogP contribution < -0.4 is 5.73 Å². The zero-order chi connectivity index (χ0) is 15.3. The first-order chi connectivity index (χ1) is 10.1. The van der Waals surface area contributed by atoms with E-state index in [4.69, 9.17) is 5.73 Å². The largest absolute Gasteiger partial charge is 0.325 e. The monoisotopic (exact) mass is 305 g/mol. The normalized spacial score (nSPS) is 11.8. The van der Waals surface area contributed by atoms with E-state index in [1.54, 1.807) is 18.3 Å². The van der Waals surface area contributed by atoms with Gasteiger partial charge >= 0.3 is 0 Å². The number of hydrogen-bond donors (Lipinski definition) is 1. The number of nitrogens with zero attached hydrogens (tertiary/aromatic N) is 2. The lowest BCUT2D eigenvalue weighted by Gasteiger charge is -2.21. The molecule has 0 spiro atoms. The molecule has 0 unspecified atom stereocenters. The molecule has 1 aromatic carbocycles. The lowest BCUT2D eigenvalue weighted by Crippen LogP contribution is -2.31. The number of aromatic nitrogens is 1. The van der Waals surface area contributed by atoms with Crippen molar-refractivity contribution >= 4 is 10.0 Å². The summed E-state index contributed by atoms with van der Waals surface area (Å²) in [7, 11) is -3.60. The molecular formula is C15H19N3O2S. The molecule has 1 aromatic heterocycles. The third-order valence-electron chi connectivity index (χ3n) is 3.21. The quantitative estimate of drug-likeness (QED) is 0.882. The third kappa shape index (κ3) is 3.47. The average Bonchev–Trinajstić information content (AvgIpc) is 2.53. The molecule has 112 valence electrons. The first-order valence-electron chi connectivity index (χ1n) is 6.77. The van der Waals surface area contributed by atoms with Crippen molar-refractivity contribution in [3.8, 4) is 0 Å². The molecule has 0 aliphatic heterocycles. The van der Waals surface area contributed by atoms with Gasteiger partial charge in [0, 0.05) is 25.8 Å². The number of rotatable bonds is 6. The van der Waals surface area contributed by atoms with Crippen LogP contribution in [-0.2, 0) is 23.1 Å². The SMILES string of the molecule is CCN(Cc1ccccc1)S(=O)(=O)c1cccnc1CN. The predicted molar refractivity (Wildman–Crippen MR) is 81.8 cm³/mol. The Balaban J connectivity index is 2.36. The van der Waals surface area contributed by atoms with Crippen molar-refractivity contribution in [1.82, 2.24) is 9.29 Å². The molecular weight excluding hydrogens is 286 g/mol. The van der Waals surface area contributed by atoms with E-state index in [-0.39, 0.29) is 11.4 Å². The maximum atomic E-state index is 12.8. The topological polar surface area (TPSA) is 76.3 Å². The summed E-state index contributed by atoms with van der Waals surface area (Å²) in [5.74, 6) is 0. The van der Waals surface area contributed by atoms with Gasteiger partial charge in [0.15, 0.2) is 0 Å². The lowest BCUT2D eigenvalue weighted by molar-refractivity contribution is 0.422. The second-order valence-corrected chi connectivity index (χ2v) is 6.48. The molecule has 2 aromatic rings. The Hall–Kier alpha value is -1.76. The van der Waals surface area contributed by atoms with Crippen molar-refractivity contribution in [2.45, 2.75) is 24.9 Å². The molecule has 5 nitrogen and oxygen atoms in total. The van der Waals surface area contributed by atoms with Crippen molar-refractivity contribution in [2.24, 2.45) is 5.73 Å². The van der Waals surface area contributed by atoms with Crippen molar-refractivity contribution < 1.29 is 8.42 Å². The Labute approximate surface area is 125 Å². The zero-order valence-electron chi connectivity index (χ0n) is 11.9. The van der Waals surface area contributed by atoms with Crippen molar-refractivity contribution in [3.05, 3.63) is 59.9 Å². The highest BCUT2D eigenvalue weighted by Gasteiger charge is 2.25. The molecule has 0 atom stereocenters. The summed E-state index contributed by atoms with van der Waals surface area (Å²) < 4.78 is 27.0. The summed E-state index contributed by atoms with van der Waals surface area (Å²) in [6.45, 7) is 2.63. The van der Waals surface area contributed by atoms with E-state index in [0.717, 1.165) is 5.56 Å². The van der Waals surface area contributed by atoms with Crippen LogP contribution in [0.3, 0.4) is 0 Å². The van der Waals surface area contributed by atoms with Gasteiger partial charge in [0.25, 0.3) is 0 Å². The number of hydrogen-bond acceptors (Lipinski definition) is 4. The smallest absolute Gasteiger partial charge is 0.245 e. The van der Waals surface area contributed by atoms with Gasteiger partial charge in [0.1, 0.15) is 4.90 Å². The number of sulfonamides is 1. The minimum atomic E-state index is -3.60. The van der Waals surface area contributed by atoms with Crippen LogP contribution in [0.1, 0.15) is 18.2 Å². The summed E-state index contributed by atoms with van der Waals surface area (Å²) in [6, 6.07) is 12.7. The fraction of sp³-hybridized carbons (Fsp3) is 0.267. The summed E-state index contributed by atoms with van der Waals surface area (Å²) >= 11 is 0. The van der Waals surface area contributed by atoms with E-state index in [1.165, 1.54) is 4.31 Å². The summed E-state index contributed by atoms with van der Waals surface area (Å²) in [5, 5.41) is 0. The summed E-state index contributed by atoms with van der Waals surface area (Å²) in [6.07, 6.45) is 1.55. The van der Waals surface area contributed by atoms with Crippen molar-refractivity contribution in [2.75, 3.05) is 6.54 Å². The second-order valence-electron chi connectivity index (χ2n) is 4.57. The standard InChI is InChI=1S/C15H19N3O2S/c1-2-18(12-13-7-4-3-5-8-13)21(19,20)15-9-6-10-17-14(15)11-16/h3-10H,2,11-12,16H2,1H3. The van der Waals surface area contributed by atoms with E-state index in [0.29, 0.717) is 18.8 Å². The number of pyridine rings is 1. The first-order valence-corrected chi connectivity index (χ1v) is 8.21. The molecule has 21 heavy (non-hydrogen) atoms. The van der Waals surface area contributed by atoms with Crippen LogP contribution in [0.4, 0.5) is 0 Å². The fourth-order valence-corrected chi connectivity index (χ4v) is 3.73. The van der Waals surface area contributed by atoms with Crippen LogP contribution in [-0.4, -0.2) is 24.3 Å². The highest BCUT2D eigenvalue weighted by molar-refractivity contribution is 7.89. The van der Waals surface area contributed by atoms with Crippen LogP contribution in [0, 0.1) is 0 Å². The van der Waals surface area contributed by atoms with Gasteiger partial charge in [-0.2, -0.15) is 4.31 Å². The molecule has 0 fully saturated rings. The van der Waals surface area contributed by atoms with Gasteiger partial charge in [-0.15, -0.1) is 0 Å². The molecule has 0 radical (unpaired) electrons. The predicted octanol–water partition coefficient (Wildman–Crippen LogP) is 1.75. The van der Waals surface area contributed by atoms with Gasteiger partial charge in [-0.25, -0.2) is 8.42 Å². The van der Waals surface area contributed by atoms with Gasteiger partial charge in [0.2, 0.25) is 10.0 Å². The van der Waals surface area contributed by atoms with Gasteiger partial charge in [-0.1, -0.05) is 37.3 Å². The van der Waals surface area contributed by atoms with Gasteiger partial charge in [-0.05, 0) is 17.7 Å². The molecule has 1 heterocycles. The van der Waals surface area contributed by atoms with Crippen LogP contribution in [0.25, 0.3) is 0 Å². The molecule has 6 heteroatoms. The Kier molecular flexibility index (Phi) is 5.06. The van der Waals surface area contributed by atoms with Gasteiger partial charge < -0.3 is 5.73 Å². The van der Waals surface area contributed by atoms with Crippen LogP contribution in [0.2, 0.25) is 0 Å². The van der Waals surface area contributed by atoms with Crippen molar-refractivity contribution in [1.29, 1.82) is 0 Å². The molecule has 0 aliphatic carbocycles. The first kappa shape index (κ1) is 15.6. The van der Waals surface area contributed by atoms with E-state index in [1.807, 2.05) is 37.3 Å². The van der Waals surface area contributed by atoms with Crippen molar-refractivity contribution in [3.63, 3.8) is 0 Å². The third-order valence-corrected chi connectivity index (χ3v) is 5.21. The van der Waals surface area contributed by atoms with Gasteiger partial charge in [-0.3, -0.25) is 4.98 Å². The molecule has 0 aliphatic rings. The Morgan fingerprint density at radius 2 is 1.86 bits per heavy atom. The molecule has 0 amide bonds. The van der Waals surface area contributed by atoms with Crippen LogP contribution >= 0.6 is 0 Å². The Bertz CT molecular complexity index is 687. The fourth-order valence-electron chi connectivity index (χ4n) is 2.10. The van der Waals surface area contributed by atoms with Crippen LogP contribution in [0.15, 0.2) is 53.6 Å². The maximum absolute atomic E-state index is 12.8. The summed E-state index contributed by atoms with van der Waals surface area (Å²) in [4.78, 5) is 4.24. The molecule has 0 saturated heterocycles. The van der Waals surface area contributed by atoms with E-state index < -0.39 is 10.0 Å².